The number of nitrogens with two attached hydrogens (primary N) is 1. The molecule has 0 fully saturated rings. The van der Waals surface area contributed by atoms with E-state index in [9.17, 15) is 9.59 Å². The van der Waals surface area contributed by atoms with Crippen molar-refractivity contribution in [3.63, 3.8) is 0 Å². The quantitative estimate of drug-likeness (QED) is 0.637. The smallest absolute Gasteiger partial charge is 0.410 e. The highest BCUT2D eigenvalue weighted by Crippen LogP contribution is 2.15. The number of rotatable bonds is 10. The Kier molecular flexibility index (Phi) is 9.01. The van der Waals surface area contributed by atoms with Crippen LogP contribution in [0.3, 0.4) is 0 Å². The summed E-state index contributed by atoms with van der Waals surface area (Å²) in [6.45, 7) is 0.587. The molecule has 0 aliphatic rings. The molecule has 2 aromatic carbocycles. The minimum Gasteiger partial charge on any atom is -0.467 e. The highest BCUT2D eigenvalue weighted by atomic mass is 16.6. The van der Waals surface area contributed by atoms with Gasteiger partial charge in [0.15, 0.2) is 0 Å². The maximum atomic E-state index is 12.6. The highest BCUT2D eigenvalue weighted by molar-refractivity contribution is 5.81. The Morgan fingerprint density at radius 3 is 2.18 bits per heavy atom. The van der Waals surface area contributed by atoms with E-state index in [-0.39, 0.29) is 19.7 Å². The summed E-state index contributed by atoms with van der Waals surface area (Å²) >= 11 is 0. The summed E-state index contributed by atoms with van der Waals surface area (Å²) in [5, 5.41) is 0. The Bertz CT molecular complexity index is 722. The largest absolute Gasteiger partial charge is 0.467 e. The van der Waals surface area contributed by atoms with Crippen molar-refractivity contribution in [2.75, 3.05) is 20.2 Å². The summed E-state index contributed by atoms with van der Waals surface area (Å²) in [5.74, 6) is -0.460. The van der Waals surface area contributed by atoms with Gasteiger partial charge in [-0.25, -0.2) is 9.59 Å². The first-order valence-electron chi connectivity index (χ1n) is 9.45. The molecule has 0 heterocycles. The summed E-state index contributed by atoms with van der Waals surface area (Å²) in [7, 11) is 1.32. The summed E-state index contributed by atoms with van der Waals surface area (Å²) in [6.07, 6.45) is 1.45. The Morgan fingerprint density at radius 1 is 1.00 bits per heavy atom. The number of hydrogen-bond donors (Lipinski definition) is 1. The predicted octanol–water partition coefficient (Wildman–Crippen LogP) is 3.15. The molecule has 1 atom stereocenters. The molecule has 6 heteroatoms. The lowest BCUT2D eigenvalue weighted by Gasteiger charge is -2.29. The number of aryl methyl sites for hydroxylation is 1. The minimum atomic E-state index is -0.722. The van der Waals surface area contributed by atoms with Gasteiger partial charge in [0, 0.05) is 13.1 Å². The Labute approximate surface area is 166 Å². The summed E-state index contributed by atoms with van der Waals surface area (Å²) in [5.41, 5.74) is 7.73. The van der Waals surface area contributed by atoms with E-state index in [1.807, 2.05) is 60.7 Å². The maximum Gasteiger partial charge on any atom is 0.410 e. The number of benzene rings is 2. The van der Waals surface area contributed by atoms with Gasteiger partial charge in [-0.1, -0.05) is 60.7 Å². The van der Waals surface area contributed by atoms with Crippen molar-refractivity contribution in [3.05, 3.63) is 71.8 Å². The Hall–Kier alpha value is -2.86. The molecule has 0 saturated heterocycles. The third kappa shape index (κ3) is 6.70. The van der Waals surface area contributed by atoms with Gasteiger partial charge in [-0.2, -0.15) is 0 Å². The molecule has 2 aromatic rings. The molecule has 0 spiro atoms. The van der Waals surface area contributed by atoms with Gasteiger partial charge >= 0.3 is 12.1 Å². The lowest BCUT2D eigenvalue weighted by Crippen LogP contribution is -2.48. The van der Waals surface area contributed by atoms with E-state index in [1.54, 1.807) is 0 Å². The molecule has 2 rings (SSSR count). The van der Waals surface area contributed by atoms with Crippen LogP contribution in [0.15, 0.2) is 60.7 Å². The second-order valence-electron chi connectivity index (χ2n) is 6.44. The molecule has 0 radical (unpaired) electrons. The van der Waals surface area contributed by atoms with E-state index < -0.39 is 18.1 Å². The van der Waals surface area contributed by atoms with E-state index >= 15 is 0 Å². The molecule has 6 nitrogen and oxygen atoms in total. The Balaban J connectivity index is 2.00. The fourth-order valence-corrected chi connectivity index (χ4v) is 3.00. The molecule has 28 heavy (non-hydrogen) atoms. The normalized spacial score (nSPS) is 11.5. The number of methoxy groups -OCH3 is 1. The molecule has 0 aromatic heterocycles. The summed E-state index contributed by atoms with van der Waals surface area (Å²) in [6, 6.07) is 18.7. The molecule has 0 saturated carbocycles. The number of amides is 1. The zero-order chi connectivity index (χ0) is 20.2. The van der Waals surface area contributed by atoms with Crippen LogP contribution in [0.2, 0.25) is 0 Å². The standard InChI is InChI=1S/C22H28N2O4/c1-27-21(25)20(14-8-13-18-9-4-2-5-10-18)24(16-15-23)22(26)28-17-19-11-6-3-7-12-19/h2-7,9-12,20H,8,13-17,23H2,1H3. The van der Waals surface area contributed by atoms with Crippen LogP contribution in [-0.2, 0) is 27.3 Å². The second-order valence-corrected chi connectivity index (χ2v) is 6.44. The minimum absolute atomic E-state index is 0.138. The van der Waals surface area contributed by atoms with Crippen LogP contribution in [0.4, 0.5) is 4.79 Å². The van der Waals surface area contributed by atoms with Gasteiger partial charge in [0.1, 0.15) is 12.6 Å². The van der Waals surface area contributed by atoms with Crippen LogP contribution < -0.4 is 5.73 Å². The fourth-order valence-electron chi connectivity index (χ4n) is 3.00. The third-order valence-electron chi connectivity index (χ3n) is 4.44. The lowest BCUT2D eigenvalue weighted by atomic mass is 10.0. The molecule has 150 valence electrons. The van der Waals surface area contributed by atoms with Gasteiger partial charge in [0.25, 0.3) is 0 Å². The Morgan fingerprint density at radius 2 is 1.61 bits per heavy atom. The topological polar surface area (TPSA) is 81.9 Å². The van der Waals surface area contributed by atoms with Gasteiger partial charge in [-0.15, -0.1) is 0 Å². The summed E-state index contributed by atoms with van der Waals surface area (Å²) in [4.78, 5) is 26.4. The molecule has 0 aliphatic heterocycles. The highest BCUT2D eigenvalue weighted by Gasteiger charge is 2.31. The number of esters is 1. The monoisotopic (exact) mass is 384 g/mol. The molecular weight excluding hydrogens is 356 g/mol. The summed E-state index contributed by atoms with van der Waals surface area (Å²) < 4.78 is 10.3. The van der Waals surface area contributed by atoms with Crippen LogP contribution in [0, 0.1) is 0 Å². The molecule has 0 aliphatic carbocycles. The van der Waals surface area contributed by atoms with E-state index in [2.05, 4.69) is 0 Å². The molecule has 1 unspecified atom stereocenters. The zero-order valence-corrected chi connectivity index (χ0v) is 16.3. The van der Waals surface area contributed by atoms with Crippen molar-refractivity contribution in [2.24, 2.45) is 5.73 Å². The van der Waals surface area contributed by atoms with Gasteiger partial charge in [0.2, 0.25) is 0 Å². The number of carbonyl (C=O) groups excluding carboxylic acids is 2. The van der Waals surface area contributed by atoms with E-state index in [0.717, 1.165) is 18.4 Å². The molecule has 0 bridgehead atoms. The van der Waals surface area contributed by atoms with Crippen LogP contribution >= 0.6 is 0 Å². The first-order valence-corrected chi connectivity index (χ1v) is 9.45. The molecule has 2 N–H and O–H groups in total. The van der Waals surface area contributed by atoms with Crippen molar-refractivity contribution in [3.8, 4) is 0 Å². The number of nitrogens with zero attached hydrogens (tertiary/aromatic N) is 1. The van der Waals surface area contributed by atoms with Crippen LogP contribution in [0.1, 0.15) is 24.0 Å². The van der Waals surface area contributed by atoms with E-state index in [1.165, 1.54) is 17.6 Å². The first-order chi connectivity index (χ1) is 13.7. The van der Waals surface area contributed by atoms with Crippen molar-refractivity contribution in [2.45, 2.75) is 31.9 Å². The average Bonchev–Trinajstić information content (AvgIpc) is 2.75. The maximum absolute atomic E-state index is 12.6. The van der Waals surface area contributed by atoms with Crippen molar-refractivity contribution in [1.82, 2.24) is 4.90 Å². The SMILES string of the molecule is COC(=O)C(CCCc1ccccc1)N(CCN)C(=O)OCc1ccccc1. The van der Waals surface area contributed by atoms with E-state index in [4.69, 9.17) is 15.2 Å². The van der Waals surface area contributed by atoms with Gasteiger partial charge in [-0.3, -0.25) is 4.90 Å². The third-order valence-corrected chi connectivity index (χ3v) is 4.44. The van der Waals surface area contributed by atoms with Gasteiger partial charge in [0.05, 0.1) is 7.11 Å². The first kappa shape index (κ1) is 21.4. The lowest BCUT2D eigenvalue weighted by molar-refractivity contribution is -0.146. The van der Waals surface area contributed by atoms with Crippen LogP contribution in [0.25, 0.3) is 0 Å². The predicted molar refractivity (Wildman–Crippen MR) is 108 cm³/mol. The molecule has 1 amide bonds. The van der Waals surface area contributed by atoms with E-state index in [0.29, 0.717) is 6.42 Å². The van der Waals surface area contributed by atoms with Crippen molar-refractivity contribution >= 4 is 12.1 Å². The van der Waals surface area contributed by atoms with Gasteiger partial charge < -0.3 is 15.2 Å². The number of hydrogen-bond acceptors (Lipinski definition) is 5. The average molecular weight is 384 g/mol. The number of ether oxygens (including phenoxy) is 2. The number of carbonyl (C=O) groups is 2. The van der Waals surface area contributed by atoms with Crippen molar-refractivity contribution in [1.29, 1.82) is 0 Å². The molecular formula is C22H28N2O4. The van der Waals surface area contributed by atoms with Crippen LogP contribution in [0.5, 0.6) is 0 Å². The zero-order valence-electron chi connectivity index (χ0n) is 16.3. The van der Waals surface area contributed by atoms with Gasteiger partial charge in [-0.05, 0) is 30.4 Å². The second kappa shape index (κ2) is 11.8. The van der Waals surface area contributed by atoms with Crippen molar-refractivity contribution < 1.29 is 19.1 Å². The van der Waals surface area contributed by atoms with Crippen LogP contribution in [-0.4, -0.2) is 43.2 Å². The fraction of sp³-hybridized carbons (Fsp3) is 0.364.